The van der Waals surface area contributed by atoms with Gasteiger partial charge in [-0.2, -0.15) is 4.68 Å². The summed E-state index contributed by atoms with van der Waals surface area (Å²) in [6.45, 7) is 9.59. The Kier molecular flexibility index (Phi) is 4.22. The summed E-state index contributed by atoms with van der Waals surface area (Å²) in [5.41, 5.74) is 0.713. The van der Waals surface area contributed by atoms with Gasteiger partial charge in [0, 0.05) is 5.54 Å². The molecule has 0 aliphatic carbocycles. The molecule has 1 rings (SSSR count). The number of aryl methyl sites for hydroxylation is 2. The SMILES string of the molecule is Cc1cn(CCCNC(C)(C)C)nc1[N+](=O)[O-]. The third kappa shape index (κ3) is 4.52. The van der Waals surface area contributed by atoms with Crippen LogP contribution < -0.4 is 5.32 Å². The Labute approximate surface area is 101 Å². The highest BCUT2D eigenvalue weighted by atomic mass is 16.6. The molecular formula is C11H20N4O2. The van der Waals surface area contributed by atoms with E-state index in [4.69, 9.17) is 0 Å². The van der Waals surface area contributed by atoms with Crippen molar-refractivity contribution in [2.45, 2.75) is 46.2 Å². The maximum Gasteiger partial charge on any atom is 0.392 e. The van der Waals surface area contributed by atoms with E-state index in [1.54, 1.807) is 17.8 Å². The Hall–Kier alpha value is -1.43. The quantitative estimate of drug-likeness (QED) is 0.484. The summed E-state index contributed by atoms with van der Waals surface area (Å²) in [6.07, 6.45) is 2.62. The second-order valence-electron chi connectivity index (χ2n) is 5.19. The first-order chi connectivity index (χ1) is 7.79. The van der Waals surface area contributed by atoms with Crippen LogP contribution in [0.3, 0.4) is 0 Å². The van der Waals surface area contributed by atoms with Gasteiger partial charge in [0.2, 0.25) is 0 Å². The van der Waals surface area contributed by atoms with Crippen LogP contribution in [-0.4, -0.2) is 26.8 Å². The summed E-state index contributed by atoms with van der Waals surface area (Å²) in [5, 5.41) is 17.9. The lowest BCUT2D eigenvalue weighted by Crippen LogP contribution is -2.36. The standard InChI is InChI=1S/C11H20N4O2/c1-9-8-14(13-10(9)15(16)17)7-5-6-12-11(2,3)4/h8,12H,5-7H2,1-4H3. The minimum Gasteiger partial charge on any atom is -0.358 e. The first-order valence-electron chi connectivity index (χ1n) is 5.73. The zero-order valence-electron chi connectivity index (χ0n) is 10.9. The number of aromatic nitrogens is 2. The first-order valence-corrected chi connectivity index (χ1v) is 5.73. The second-order valence-corrected chi connectivity index (χ2v) is 5.19. The van der Waals surface area contributed by atoms with Crippen LogP contribution in [0.4, 0.5) is 5.82 Å². The van der Waals surface area contributed by atoms with E-state index in [2.05, 4.69) is 31.2 Å². The summed E-state index contributed by atoms with van der Waals surface area (Å²) in [7, 11) is 0. The molecular weight excluding hydrogens is 220 g/mol. The molecule has 0 radical (unpaired) electrons. The van der Waals surface area contributed by atoms with Gasteiger partial charge in [0.25, 0.3) is 0 Å². The fourth-order valence-electron chi connectivity index (χ4n) is 1.51. The van der Waals surface area contributed by atoms with E-state index in [9.17, 15) is 10.1 Å². The van der Waals surface area contributed by atoms with Gasteiger partial charge in [-0.05, 0) is 45.6 Å². The molecule has 0 bridgehead atoms. The Balaban J connectivity index is 2.43. The molecule has 0 saturated carbocycles. The zero-order valence-corrected chi connectivity index (χ0v) is 10.9. The normalized spacial score (nSPS) is 11.8. The van der Waals surface area contributed by atoms with Crippen molar-refractivity contribution in [3.8, 4) is 0 Å². The van der Waals surface area contributed by atoms with E-state index in [1.807, 2.05) is 0 Å². The Morgan fingerprint density at radius 3 is 2.65 bits per heavy atom. The smallest absolute Gasteiger partial charge is 0.358 e. The summed E-state index contributed by atoms with van der Waals surface area (Å²) >= 11 is 0. The highest BCUT2D eigenvalue weighted by molar-refractivity contribution is 5.27. The van der Waals surface area contributed by atoms with Crippen LogP contribution in [0.25, 0.3) is 0 Å². The van der Waals surface area contributed by atoms with E-state index in [0.29, 0.717) is 12.1 Å². The van der Waals surface area contributed by atoms with Crippen LogP contribution in [0, 0.1) is 17.0 Å². The molecule has 1 heterocycles. The Bertz CT molecular complexity index is 393. The summed E-state index contributed by atoms with van der Waals surface area (Å²) in [4.78, 5) is 10.2. The number of hydrogen-bond donors (Lipinski definition) is 1. The average molecular weight is 240 g/mol. The molecule has 1 N–H and O–H groups in total. The van der Waals surface area contributed by atoms with Crippen molar-refractivity contribution in [3.63, 3.8) is 0 Å². The monoisotopic (exact) mass is 240 g/mol. The van der Waals surface area contributed by atoms with Gasteiger partial charge in [0.1, 0.15) is 0 Å². The summed E-state index contributed by atoms with van der Waals surface area (Å²) in [5.74, 6) is -0.0474. The molecule has 0 aliphatic rings. The van der Waals surface area contributed by atoms with Gasteiger partial charge in [0.05, 0.1) is 23.4 Å². The topological polar surface area (TPSA) is 73.0 Å². The molecule has 6 nitrogen and oxygen atoms in total. The number of rotatable bonds is 5. The lowest BCUT2D eigenvalue weighted by molar-refractivity contribution is -0.390. The zero-order chi connectivity index (χ0) is 13.1. The van der Waals surface area contributed by atoms with E-state index >= 15 is 0 Å². The van der Waals surface area contributed by atoms with Gasteiger partial charge in [-0.1, -0.05) is 0 Å². The van der Waals surface area contributed by atoms with Crippen molar-refractivity contribution < 1.29 is 4.92 Å². The van der Waals surface area contributed by atoms with E-state index in [1.165, 1.54) is 0 Å². The van der Waals surface area contributed by atoms with Crippen LogP contribution in [0.2, 0.25) is 0 Å². The molecule has 0 saturated heterocycles. The Morgan fingerprint density at radius 2 is 2.18 bits per heavy atom. The van der Waals surface area contributed by atoms with Crippen LogP contribution in [0.5, 0.6) is 0 Å². The number of nitrogens with one attached hydrogen (secondary N) is 1. The fourth-order valence-corrected chi connectivity index (χ4v) is 1.51. The lowest BCUT2D eigenvalue weighted by atomic mass is 10.1. The molecule has 0 fully saturated rings. The van der Waals surface area contributed by atoms with Crippen molar-refractivity contribution in [1.82, 2.24) is 15.1 Å². The van der Waals surface area contributed by atoms with E-state index in [-0.39, 0.29) is 11.4 Å². The van der Waals surface area contributed by atoms with Gasteiger partial charge in [0.15, 0.2) is 0 Å². The third-order valence-corrected chi connectivity index (χ3v) is 2.31. The highest BCUT2D eigenvalue weighted by Gasteiger charge is 2.16. The van der Waals surface area contributed by atoms with Crippen molar-refractivity contribution in [1.29, 1.82) is 0 Å². The van der Waals surface area contributed by atoms with Crippen molar-refractivity contribution in [2.75, 3.05) is 6.54 Å². The minimum absolute atomic E-state index is 0.0474. The van der Waals surface area contributed by atoms with Gasteiger partial charge >= 0.3 is 5.82 Å². The second kappa shape index (κ2) is 5.27. The molecule has 0 amide bonds. The van der Waals surface area contributed by atoms with Crippen molar-refractivity contribution in [3.05, 3.63) is 21.9 Å². The van der Waals surface area contributed by atoms with E-state index in [0.717, 1.165) is 13.0 Å². The van der Waals surface area contributed by atoms with Crippen LogP contribution in [0.1, 0.15) is 32.8 Å². The maximum atomic E-state index is 10.6. The van der Waals surface area contributed by atoms with Crippen LogP contribution in [0.15, 0.2) is 6.20 Å². The fraction of sp³-hybridized carbons (Fsp3) is 0.727. The predicted molar refractivity (Wildman–Crippen MR) is 66.0 cm³/mol. The Morgan fingerprint density at radius 1 is 1.53 bits per heavy atom. The van der Waals surface area contributed by atoms with Crippen LogP contribution in [-0.2, 0) is 6.54 Å². The molecule has 1 aromatic heterocycles. The third-order valence-electron chi connectivity index (χ3n) is 2.31. The summed E-state index contributed by atoms with van der Waals surface area (Å²) in [6, 6.07) is 0. The maximum absolute atomic E-state index is 10.6. The molecule has 0 atom stereocenters. The lowest BCUT2D eigenvalue weighted by Gasteiger charge is -2.20. The summed E-state index contributed by atoms with van der Waals surface area (Å²) < 4.78 is 1.64. The molecule has 6 heteroatoms. The average Bonchev–Trinajstić information content (AvgIpc) is 2.53. The van der Waals surface area contributed by atoms with Crippen LogP contribution >= 0.6 is 0 Å². The molecule has 0 aromatic carbocycles. The van der Waals surface area contributed by atoms with Crippen molar-refractivity contribution in [2.24, 2.45) is 0 Å². The number of nitro groups is 1. The largest absolute Gasteiger partial charge is 0.392 e. The van der Waals surface area contributed by atoms with Gasteiger partial charge < -0.3 is 15.4 Å². The number of nitrogens with zero attached hydrogens (tertiary/aromatic N) is 3. The van der Waals surface area contributed by atoms with Gasteiger partial charge in [-0.3, -0.25) is 0 Å². The molecule has 96 valence electrons. The van der Waals surface area contributed by atoms with Crippen molar-refractivity contribution >= 4 is 5.82 Å². The predicted octanol–water partition coefficient (Wildman–Crippen LogP) is 1.88. The first kappa shape index (κ1) is 13.6. The van der Waals surface area contributed by atoms with Gasteiger partial charge in [-0.25, -0.2) is 0 Å². The van der Waals surface area contributed by atoms with Gasteiger partial charge in [-0.15, -0.1) is 0 Å². The molecule has 0 spiro atoms. The molecule has 0 unspecified atom stereocenters. The molecule has 0 aliphatic heterocycles. The molecule has 1 aromatic rings. The molecule has 17 heavy (non-hydrogen) atoms. The highest BCUT2D eigenvalue weighted by Crippen LogP contribution is 2.13. The van der Waals surface area contributed by atoms with E-state index < -0.39 is 4.92 Å². The number of hydrogen-bond acceptors (Lipinski definition) is 4. The minimum atomic E-state index is -0.445.